The molecule has 6 heteroatoms. The first-order chi connectivity index (χ1) is 12.2. The monoisotopic (exact) mass is 338 g/mol. The Labute approximate surface area is 147 Å². The molecule has 1 aromatic heterocycles. The van der Waals surface area contributed by atoms with Gasteiger partial charge in [-0.2, -0.15) is 5.26 Å². The number of nitrogens with zero attached hydrogens (tertiary/aromatic N) is 2. The third kappa shape index (κ3) is 4.00. The first kappa shape index (κ1) is 17.0. The van der Waals surface area contributed by atoms with Crippen molar-refractivity contribution in [3.05, 3.63) is 29.8 Å². The zero-order valence-electron chi connectivity index (χ0n) is 14.3. The molecule has 0 aliphatic heterocycles. The lowest BCUT2D eigenvalue weighted by Gasteiger charge is -2.24. The number of aromatic nitrogens is 1. The third-order valence-corrected chi connectivity index (χ3v) is 4.41. The van der Waals surface area contributed by atoms with Gasteiger partial charge in [-0.3, -0.25) is 4.79 Å². The molecule has 1 saturated carbocycles. The molecule has 0 radical (unpaired) electrons. The van der Waals surface area contributed by atoms with Crippen molar-refractivity contribution >= 4 is 22.6 Å². The van der Waals surface area contributed by atoms with Crippen molar-refractivity contribution in [3.63, 3.8) is 0 Å². The van der Waals surface area contributed by atoms with Gasteiger partial charge in [0.05, 0.1) is 17.7 Å². The molecule has 130 valence electrons. The Bertz CT molecular complexity index is 809. The van der Waals surface area contributed by atoms with Crippen LogP contribution in [0, 0.1) is 17.2 Å². The van der Waals surface area contributed by atoms with Crippen LogP contribution in [-0.4, -0.2) is 30.6 Å². The number of carbonyl (C=O) groups is 1. The van der Waals surface area contributed by atoms with Crippen LogP contribution in [0.4, 0.5) is 5.82 Å². The Morgan fingerprint density at radius 2 is 2.20 bits per heavy atom. The molecule has 0 bridgehead atoms. The molecule has 1 aliphatic rings. The summed E-state index contributed by atoms with van der Waals surface area (Å²) >= 11 is 0. The van der Waals surface area contributed by atoms with Gasteiger partial charge in [-0.05, 0) is 44.0 Å². The van der Waals surface area contributed by atoms with Crippen molar-refractivity contribution in [1.29, 1.82) is 5.26 Å². The molecule has 6 nitrogen and oxygen atoms in total. The van der Waals surface area contributed by atoms with E-state index in [2.05, 4.69) is 21.7 Å². The summed E-state index contributed by atoms with van der Waals surface area (Å²) in [5.41, 5.74) is 1.27. The molecule has 0 atom stereocenters. The van der Waals surface area contributed by atoms with E-state index in [-0.39, 0.29) is 11.8 Å². The van der Waals surface area contributed by atoms with Crippen LogP contribution < -0.4 is 15.4 Å². The van der Waals surface area contributed by atoms with Crippen LogP contribution in [0.3, 0.4) is 0 Å². The van der Waals surface area contributed by atoms with E-state index in [9.17, 15) is 10.1 Å². The Hall–Kier alpha value is -2.81. The summed E-state index contributed by atoms with van der Waals surface area (Å²) in [6.07, 6.45) is 3.13. The Kier molecular flexibility index (Phi) is 5.34. The van der Waals surface area contributed by atoms with Crippen LogP contribution in [0.5, 0.6) is 5.75 Å². The summed E-state index contributed by atoms with van der Waals surface area (Å²) in [6.45, 7) is 3.57. The maximum Gasteiger partial charge on any atom is 0.223 e. The van der Waals surface area contributed by atoms with Crippen LogP contribution in [0.15, 0.2) is 24.3 Å². The first-order valence-electron chi connectivity index (χ1n) is 8.70. The van der Waals surface area contributed by atoms with E-state index >= 15 is 0 Å². The zero-order chi connectivity index (χ0) is 17.6. The average Bonchev–Trinajstić information content (AvgIpc) is 2.56. The van der Waals surface area contributed by atoms with Crippen molar-refractivity contribution in [2.24, 2.45) is 5.92 Å². The summed E-state index contributed by atoms with van der Waals surface area (Å²) in [6, 6.07) is 9.61. The van der Waals surface area contributed by atoms with Crippen LogP contribution >= 0.6 is 0 Å². The van der Waals surface area contributed by atoms with Crippen molar-refractivity contribution in [1.82, 2.24) is 10.3 Å². The molecule has 2 N–H and O–H groups in total. The third-order valence-electron chi connectivity index (χ3n) is 4.41. The van der Waals surface area contributed by atoms with E-state index in [0.29, 0.717) is 31.1 Å². The minimum absolute atomic E-state index is 0.128. The van der Waals surface area contributed by atoms with Gasteiger partial charge >= 0.3 is 0 Å². The maximum atomic E-state index is 11.8. The van der Waals surface area contributed by atoms with E-state index in [4.69, 9.17) is 4.74 Å². The number of pyridine rings is 1. The van der Waals surface area contributed by atoms with Crippen molar-refractivity contribution in [2.45, 2.75) is 26.2 Å². The highest BCUT2D eigenvalue weighted by molar-refractivity contribution is 5.84. The molecule has 0 unspecified atom stereocenters. The van der Waals surface area contributed by atoms with Crippen LogP contribution in [0.25, 0.3) is 10.9 Å². The van der Waals surface area contributed by atoms with Gasteiger partial charge in [-0.1, -0.05) is 6.42 Å². The van der Waals surface area contributed by atoms with Crippen molar-refractivity contribution < 1.29 is 9.53 Å². The summed E-state index contributed by atoms with van der Waals surface area (Å²) < 4.78 is 5.49. The smallest absolute Gasteiger partial charge is 0.223 e. The largest absolute Gasteiger partial charge is 0.494 e. The number of nitriles is 1. The highest BCUT2D eigenvalue weighted by Crippen LogP contribution is 2.26. The van der Waals surface area contributed by atoms with Crippen molar-refractivity contribution in [3.8, 4) is 11.8 Å². The second kappa shape index (κ2) is 7.84. The molecular weight excluding hydrogens is 316 g/mol. The Morgan fingerprint density at radius 1 is 1.36 bits per heavy atom. The minimum Gasteiger partial charge on any atom is -0.494 e. The normalized spacial score (nSPS) is 13.8. The number of anilines is 1. The summed E-state index contributed by atoms with van der Waals surface area (Å²) in [4.78, 5) is 16.3. The van der Waals surface area contributed by atoms with E-state index in [1.54, 1.807) is 6.07 Å². The fourth-order valence-electron chi connectivity index (χ4n) is 2.81. The number of nitrogens with one attached hydrogen (secondary N) is 2. The van der Waals surface area contributed by atoms with Gasteiger partial charge in [0.15, 0.2) is 0 Å². The first-order valence-corrected chi connectivity index (χ1v) is 8.70. The molecule has 25 heavy (non-hydrogen) atoms. The van der Waals surface area contributed by atoms with Gasteiger partial charge in [0.1, 0.15) is 17.6 Å². The minimum atomic E-state index is 0.128. The number of carbonyl (C=O) groups excluding carboxylic acids is 1. The van der Waals surface area contributed by atoms with E-state index in [1.165, 1.54) is 0 Å². The lowest BCUT2D eigenvalue weighted by molar-refractivity contribution is -0.127. The molecule has 1 fully saturated rings. The molecule has 3 rings (SSSR count). The standard InChI is InChI=1S/C19H22N4O2/c1-2-25-16-6-7-17-14(11-16)10-15(12-20)18(23-17)21-8-9-22-19(24)13-4-3-5-13/h6-7,10-11,13H,2-5,8-9H2,1H3,(H,21,23)(H,22,24). The van der Waals surface area contributed by atoms with Gasteiger partial charge in [0, 0.05) is 24.4 Å². The second-order valence-electron chi connectivity index (χ2n) is 6.13. The van der Waals surface area contributed by atoms with E-state index < -0.39 is 0 Å². The van der Waals surface area contributed by atoms with Crippen LogP contribution in [0.1, 0.15) is 31.7 Å². The highest BCUT2D eigenvalue weighted by Gasteiger charge is 2.24. The van der Waals surface area contributed by atoms with Crippen molar-refractivity contribution in [2.75, 3.05) is 25.0 Å². The zero-order valence-corrected chi connectivity index (χ0v) is 14.3. The number of amides is 1. The number of hydrogen-bond acceptors (Lipinski definition) is 5. The molecule has 1 aliphatic carbocycles. The van der Waals surface area contributed by atoms with Gasteiger partial charge in [-0.25, -0.2) is 4.98 Å². The lowest BCUT2D eigenvalue weighted by atomic mass is 9.85. The van der Waals surface area contributed by atoms with E-state index in [1.807, 2.05) is 25.1 Å². The summed E-state index contributed by atoms with van der Waals surface area (Å²) in [5.74, 6) is 1.62. The summed E-state index contributed by atoms with van der Waals surface area (Å²) in [5, 5.41) is 16.3. The average molecular weight is 338 g/mol. The van der Waals surface area contributed by atoms with Crippen LogP contribution in [-0.2, 0) is 4.79 Å². The summed E-state index contributed by atoms with van der Waals surface area (Å²) in [7, 11) is 0. The molecule has 1 amide bonds. The van der Waals surface area contributed by atoms with Gasteiger partial charge < -0.3 is 15.4 Å². The number of fused-ring (bicyclic) bond motifs is 1. The number of rotatable bonds is 7. The molecule has 0 spiro atoms. The van der Waals surface area contributed by atoms with Gasteiger partial charge in [-0.15, -0.1) is 0 Å². The predicted octanol–water partition coefficient (Wildman–Crippen LogP) is 2.83. The van der Waals surface area contributed by atoms with E-state index in [0.717, 1.165) is 35.9 Å². The number of benzene rings is 1. The number of ether oxygens (including phenoxy) is 1. The Balaban J connectivity index is 1.64. The predicted molar refractivity (Wildman–Crippen MR) is 96.5 cm³/mol. The molecular formula is C19H22N4O2. The molecule has 0 saturated heterocycles. The van der Waals surface area contributed by atoms with Gasteiger partial charge in [0.25, 0.3) is 0 Å². The van der Waals surface area contributed by atoms with Gasteiger partial charge in [0.2, 0.25) is 5.91 Å². The fraction of sp³-hybridized carbons (Fsp3) is 0.421. The molecule has 1 aromatic carbocycles. The maximum absolute atomic E-state index is 11.8. The quantitative estimate of drug-likeness (QED) is 0.758. The SMILES string of the molecule is CCOc1ccc2nc(NCCNC(=O)C3CCC3)c(C#N)cc2c1. The molecule has 1 heterocycles. The second-order valence-corrected chi connectivity index (χ2v) is 6.13. The lowest BCUT2D eigenvalue weighted by Crippen LogP contribution is -2.37. The van der Waals surface area contributed by atoms with Crippen LogP contribution in [0.2, 0.25) is 0 Å². The topological polar surface area (TPSA) is 87.0 Å². The molecule has 2 aromatic rings. The Morgan fingerprint density at radius 3 is 2.88 bits per heavy atom. The number of hydrogen-bond donors (Lipinski definition) is 2. The highest BCUT2D eigenvalue weighted by atomic mass is 16.5. The fourth-order valence-corrected chi connectivity index (χ4v) is 2.81.